The maximum absolute atomic E-state index is 13.8. The van der Waals surface area contributed by atoms with Gasteiger partial charge in [-0.2, -0.15) is 0 Å². The quantitative estimate of drug-likeness (QED) is 0.843. The van der Waals surface area contributed by atoms with Gasteiger partial charge in [0.25, 0.3) is 5.91 Å². The van der Waals surface area contributed by atoms with Crippen molar-refractivity contribution in [3.8, 4) is 0 Å². The van der Waals surface area contributed by atoms with E-state index in [4.69, 9.17) is 0 Å². The first-order chi connectivity index (χ1) is 9.30. The van der Waals surface area contributed by atoms with E-state index in [2.05, 4.69) is 5.32 Å². The van der Waals surface area contributed by atoms with Gasteiger partial charge in [-0.15, -0.1) is 0 Å². The Bertz CT molecular complexity index is 469. The van der Waals surface area contributed by atoms with E-state index in [1.54, 1.807) is 19.9 Å². The summed E-state index contributed by atoms with van der Waals surface area (Å²) in [5.74, 6) is -0.734. The number of carbonyl (C=O) groups excluding carboxylic acids is 1. The standard InChI is InChI=1S/C15H23FN2O2/c1-5-17-13-11(8-7-9-12(13)16)14(19)18(6-2)10-15(3,4)20/h7-9,17,20H,5-6,10H2,1-4H3. The molecule has 0 atom stereocenters. The highest BCUT2D eigenvalue weighted by Crippen LogP contribution is 2.22. The van der Waals surface area contributed by atoms with Crippen LogP contribution in [0.4, 0.5) is 10.1 Å². The van der Waals surface area contributed by atoms with Crippen LogP contribution in [0.15, 0.2) is 18.2 Å². The van der Waals surface area contributed by atoms with Crippen molar-refractivity contribution in [3.05, 3.63) is 29.6 Å². The number of nitrogens with zero attached hydrogens (tertiary/aromatic N) is 1. The topological polar surface area (TPSA) is 52.6 Å². The van der Waals surface area contributed by atoms with Gasteiger partial charge in [0, 0.05) is 19.6 Å². The summed E-state index contributed by atoms with van der Waals surface area (Å²) >= 11 is 0. The van der Waals surface area contributed by atoms with Crippen LogP contribution in [0.25, 0.3) is 0 Å². The van der Waals surface area contributed by atoms with E-state index in [1.807, 2.05) is 13.8 Å². The minimum absolute atomic E-state index is 0.199. The summed E-state index contributed by atoms with van der Waals surface area (Å²) in [5, 5.41) is 12.7. The first-order valence-electron chi connectivity index (χ1n) is 6.84. The zero-order chi connectivity index (χ0) is 15.3. The number of rotatable bonds is 6. The predicted molar refractivity (Wildman–Crippen MR) is 78.4 cm³/mol. The molecule has 2 N–H and O–H groups in total. The first kappa shape index (κ1) is 16.4. The van der Waals surface area contributed by atoms with Gasteiger partial charge in [-0.05, 0) is 39.8 Å². The number of aliphatic hydroxyl groups is 1. The second-order valence-electron chi connectivity index (χ2n) is 5.32. The third kappa shape index (κ3) is 4.20. The second kappa shape index (κ2) is 6.70. The number of carbonyl (C=O) groups is 1. The SMILES string of the molecule is CCNc1c(F)cccc1C(=O)N(CC)CC(C)(C)O. The number of likely N-dealkylation sites (N-methyl/N-ethyl adjacent to an activating group) is 1. The molecule has 0 saturated heterocycles. The summed E-state index contributed by atoms with van der Waals surface area (Å²) in [6.45, 7) is 8.12. The zero-order valence-corrected chi connectivity index (χ0v) is 12.5. The average Bonchev–Trinajstić information content (AvgIpc) is 2.36. The molecule has 0 radical (unpaired) electrons. The monoisotopic (exact) mass is 282 g/mol. The van der Waals surface area contributed by atoms with Gasteiger partial charge in [0.1, 0.15) is 5.82 Å². The molecule has 0 spiro atoms. The molecule has 1 aromatic rings. The van der Waals surface area contributed by atoms with Crippen molar-refractivity contribution in [2.24, 2.45) is 0 Å². The van der Waals surface area contributed by atoms with Gasteiger partial charge in [-0.1, -0.05) is 6.07 Å². The Morgan fingerprint density at radius 1 is 1.40 bits per heavy atom. The predicted octanol–water partition coefficient (Wildman–Crippen LogP) is 2.49. The van der Waals surface area contributed by atoms with E-state index < -0.39 is 11.4 Å². The van der Waals surface area contributed by atoms with E-state index in [0.717, 1.165) is 0 Å². The largest absolute Gasteiger partial charge is 0.389 e. The van der Waals surface area contributed by atoms with Crippen LogP contribution < -0.4 is 5.32 Å². The van der Waals surface area contributed by atoms with Crippen LogP contribution in [0.2, 0.25) is 0 Å². The first-order valence-corrected chi connectivity index (χ1v) is 6.84. The van der Waals surface area contributed by atoms with Crippen LogP contribution in [0, 0.1) is 5.82 Å². The molecule has 0 saturated carbocycles. The van der Waals surface area contributed by atoms with Gasteiger partial charge in [-0.25, -0.2) is 4.39 Å². The van der Waals surface area contributed by atoms with Crippen molar-refractivity contribution in [3.63, 3.8) is 0 Å². The third-order valence-corrected chi connectivity index (χ3v) is 2.84. The van der Waals surface area contributed by atoms with Crippen molar-refractivity contribution >= 4 is 11.6 Å². The molecule has 5 heteroatoms. The molecule has 1 amide bonds. The van der Waals surface area contributed by atoms with Crippen LogP contribution in [0.1, 0.15) is 38.1 Å². The van der Waals surface area contributed by atoms with Crippen LogP contribution in [-0.4, -0.2) is 41.1 Å². The zero-order valence-electron chi connectivity index (χ0n) is 12.5. The Hall–Kier alpha value is -1.62. The number of nitrogens with one attached hydrogen (secondary N) is 1. The van der Waals surface area contributed by atoms with Gasteiger partial charge in [0.05, 0.1) is 16.9 Å². The normalized spacial score (nSPS) is 11.3. The van der Waals surface area contributed by atoms with E-state index >= 15 is 0 Å². The Morgan fingerprint density at radius 3 is 2.55 bits per heavy atom. The lowest BCUT2D eigenvalue weighted by Gasteiger charge is -2.28. The lowest BCUT2D eigenvalue weighted by atomic mass is 10.1. The van der Waals surface area contributed by atoms with E-state index in [9.17, 15) is 14.3 Å². The maximum atomic E-state index is 13.8. The Morgan fingerprint density at radius 2 is 2.05 bits per heavy atom. The number of halogens is 1. The molecule has 4 nitrogen and oxygen atoms in total. The van der Waals surface area contributed by atoms with Crippen molar-refractivity contribution in [2.75, 3.05) is 25.0 Å². The number of hydrogen-bond donors (Lipinski definition) is 2. The fourth-order valence-corrected chi connectivity index (χ4v) is 2.02. The lowest BCUT2D eigenvalue weighted by molar-refractivity contribution is 0.0315. The number of benzene rings is 1. The minimum atomic E-state index is -0.989. The molecule has 20 heavy (non-hydrogen) atoms. The maximum Gasteiger partial charge on any atom is 0.256 e. The summed E-state index contributed by atoms with van der Waals surface area (Å²) in [7, 11) is 0. The Balaban J connectivity index is 3.09. The summed E-state index contributed by atoms with van der Waals surface area (Å²) in [6.07, 6.45) is 0. The minimum Gasteiger partial charge on any atom is -0.389 e. The Kier molecular flexibility index (Phi) is 5.51. The fraction of sp³-hybridized carbons (Fsp3) is 0.533. The molecule has 0 bridgehead atoms. The molecule has 0 heterocycles. The number of para-hydroxylation sites is 1. The molecular weight excluding hydrogens is 259 g/mol. The molecule has 0 fully saturated rings. The molecule has 0 unspecified atom stereocenters. The molecule has 0 aliphatic carbocycles. The second-order valence-corrected chi connectivity index (χ2v) is 5.32. The number of anilines is 1. The van der Waals surface area contributed by atoms with Crippen LogP contribution in [0.3, 0.4) is 0 Å². The highest BCUT2D eigenvalue weighted by atomic mass is 19.1. The molecule has 1 rings (SSSR count). The van der Waals surface area contributed by atoms with E-state index in [1.165, 1.54) is 17.0 Å². The number of hydrogen-bond acceptors (Lipinski definition) is 3. The average molecular weight is 282 g/mol. The smallest absolute Gasteiger partial charge is 0.256 e. The highest BCUT2D eigenvalue weighted by molar-refractivity contribution is 5.99. The molecule has 0 aliphatic rings. The van der Waals surface area contributed by atoms with Gasteiger partial charge in [0.2, 0.25) is 0 Å². The molecule has 112 valence electrons. The fourth-order valence-electron chi connectivity index (χ4n) is 2.02. The molecule has 1 aromatic carbocycles. The van der Waals surface area contributed by atoms with Crippen LogP contribution in [0.5, 0.6) is 0 Å². The summed E-state index contributed by atoms with van der Waals surface area (Å²) in [6, 6.07) is 4.43. The van der Waals surface area contributed by atoms with Crippen LogP contribution in [-0.2, 0) is 0 Å². The molecule has 0 aliphatic heterocycles. The van der Waals surface area contributed by atoms with Crippen molar-refractivity contribution in [1.29, 1.82) is 0 Å². The van der Waals surface area contributed by atoms with Crippen LogP contribution >= 0.6 is 0 Å². The summed E-state index contributed by atoms with van der Waals surface area (Å²) in [5.41, 5.74) is -0.482. The lowest BCUT2D eigenvalue weighted by Crippen LogP contribution is -2.42. The summed E-state index contributed by atoms with van der Waals surface area (Å²) in [4.78, 5) is 14.0. The highest BCUT2D eigenvalue weighted by Gasteiger charge is 2.24. The van der Waals surface area contributed by atoms with E-state index in [-0.39, 0.29) is 23.7 Å². The van der Waals surface area contributed by atoms with Crippen molar-refractivity contribution in [1.82, 2.24) is 4.90 Å². The number of amides is 1. The Labute approximate surface area is 119 Å². The third-order valence-electron chi connectivity index (χ3n) is 2.84. The van der Waals surface area contributed by atoms with Crippen molar-refractivity contribution in [2.45, 2.75) is 33.3 Å². The van der Waals surface area contributed by atoms with Crippen molar-refractivity contribution < 1.29 is 14.3 Å². The van der Waals surface area contributed by atoms with E-state index in [0.29, 0.717) is 13.1 Å². The molecular formula is C15H23FN2O2. The molecule has 0 aromatic heterocycles. The van der Waals surface area contributed by atoms with Gasteiger partial charge in [0.15, 0.2) is 0 Å². The van der Waals surface area contributed by atoms with Gasteiger partial charge >= 0.3 is 0 Å². The summed E-state index contributed by atoms with van der Waals surface area (Å²) < 4.78 is 13.8. The van der Waals surface area contributed by atoms with Gasteiger partial charge in [-0.3, -0.25) is 4.79 Å². The van der Waals surface area contributed by atoms with Gasteiger partial charge < -0.3 is 15.3 Å².